The van der Waals surface area contributed by atoms with Gasteiger partial charge in [0, 0.05) is 18.2 Å². The van der Waals surface area contributed by atoms with E-state index >= 15 is 0 Å². The molecule has 0 saturated heterocycles. The molecule has 0 unspecified atom stereocenters. The number of amides is 1. The average Bonchev–Trinajstić information content (AvgIpc) is 2.24. The summed E-state index contributed by atoms with van der Waals surface area (Å²) in [6, 6.07) is 2.87. The van der Waals surface area contributed by atoms with Crippen LogP contribution in [0.25, 0.3) is 0 Å². The van der Waals surface area contributed by atoms with E-state index in [2.05, 4.69) is 5.32 Å². The number of benzene rings is 1. The van der Waals surface area contributed by atoms with E-state index in [-0.39, 0.29) is 12.1 Å². The molecule has 0 aliphatic carbocycles. The van der Waals surface area contributed by atoms with E-state index in [1.165, 1.54) is 13.8 Å². The molecule has 0 atom stereocenters. The molecule has 98 valence electrons. The summed E-state index contributed by atoms with van der Waals surface area (Å²) < 4.78 is 13.3. The smallest absolute Gasteiger partial charge is 0.304 e. The minimum Gasteiger partial charge on any atom is -0.389 e. The Morgan fingerprint density at radius 2 is 2.17 bits per heavy atom. The number of nitrogens with one attached hydrogen (secondary N) is 1. The van der Waals surface area contributed by atoms with Crippen molar-refractivity contribution in [2.24, 2.45) is 0 Å². The van der Waals surface area contributed by atoms with Gasteiger partial charge in [0.15, 0.2) is 0 Å². The first kappa shape index (κ1) is 14.0. The number of carbonyl (C=O) groups excluding carboxylic acids is 1. The van der Waals surface area contributed by atoms with Gasteiger partial charge >= 0.3 is 5.69 Å². The second-order valence-electron chi connectivity index (χ2n) is 4.42. The number of hydrogen-bond acceptors (Lipinski definition) is 4. The SMILES string of the molecule is CC(C)(O)CNC(=O)c1ccc([N+](=O)[O-])c(F)c1. The Hall–Kier alpha value is -2.02. The average molecular weight is 256 g/mol. The Bertz CT molecular complexity index is 482. The lowest BCUT2D eigenvalue weighted by Crippen LogP contribution is -2.38. The van der Waals surface area contributed by atoms with Gasteiger partial charge in [-0.15, -0.1) is 0 Å². The van der Waals surface area contributed by atoms with Gasteiger partial charge in [0.05, 0.1) is 10.5 Å². The van der Waals surface area contributed by atoms with Crippen LogP contribution < -0.4 is 5.32 Å². The van der Waals surface area contributed by atoms with Gasteiger partial charge in [-0.1, -0.05) is 0 Å². The Morgan fingerprint density at radius 1 is 1.56 bits per heavy atom. The monoisotopic (exact) mass is 256 g/mol. The molecule has 1 aromatic rings. The third kappa shape index (κ3) is 3.77. The van der Waals surface area contributed by atoms with Crippen LogP contribution in [-0.2, 0) is 0 Å². The zero-order valence-electron chi connectivity index (χ0n) is 9.94. The highest BCUT2D eigenvalue weighted by atomic mass is 19.1. The molecule has 18 heavy (non-hydrogen) atoms. The predicted molar refractivity (Wildman–Crippen MR) is 61.7 cm³/mol. The second-order valence-corrected chi connectivity index (χ2v) is 4.42. The van der Waals surface area contributed by atoms with E-state index in [0.717, 1.165) is 18.2 Å². The molecule has 0 saturated carbocycles. The number of nitro benzene ring substituents is 1. The summed E-state index contributed by atoms with van der Waals surface area (Å²) in [5, 5.41) is 22.2. The zero-order valence-corrected chi connectivity index (χ0v) is 9.94. The highest BCUT2D eigenvalue weighted by Crippen LogP contribution is 2.17. The highest BCUT2D eigenvalue weighted by molar-refractivity contribution is 5.94. The van der Waals surface area contributed by atoms with Crippen LogP contribution in [0.5, 0.6) is 0 Å². The summed E-state index contributed by atoms with van der Waals surface area (Å²) in [6.07, 6.45) is 0. The number of carbonyl (C=O) groups is 1. The lowest BCUT2D eigenvalue weighted by Gasteiger charge is -2.17. The normalized spacial score (nSPS) is 11.1. The fourth-order valence-electron chi connectivity index (χ4n) is 1.19. The molecular weight excluding hydrogens is 243 g/mol. The second kappa shape index (κ2) is 5.09. The molecule has 1 aromatic carbocycles. The van der Waals surface area contributed by atoms with Crippen LogP contribution in [-0.4, -0.2) is 28.1 Å². The minimum atomic E-state index is -1.09. The van der Waals surface area contributed by atoms with Gasteiger partial charge < -0.3 is 10.4 Å². The maximum Gasteiger partial charge on any atom is 0.304 e. The van der Waals surface area contributed by atoms with Gasteiger partial charge in [0.1, 0.15) is 0 Å². The fraction of sp³-hybridized carbons (Fsp3) is 0.364. The standard InChI is InChI=1S/C11H13FN2O4/c1-11(2,16)6-13-10(15)7-3-4-9(14(17)18)8(12)5-7/h3-5,16H,6H2,1-2H3,(H,13,15). The molecule has 1 rings (SSSR count). The van der Waals surface area contributed by atoms with Crippen molar-refractivity contribution in [2.75, 3.05) is 6.54 Å². The first-order chi connectivity index (χ1) is 8.20. The summed E-state index contributed by atoms with van der Waals surface area (Å²) in [5.74, 6) is -1.68. The van der Waals surface area contributed by atoms with Crippen molar-refractivity contribution in [2.45, 2.75) is 19.4 Å². The number of nitro groups is 1. The molecule has 0 aliphatic heterocycles. The van der Waals surface area contributed by atoms with Crippen LogP contribution in [0.2, 0.25) is 0 Å². The van der Waals surface area contributed by atoms with Crippen LogP contribution in [0.15, 0.2) is 18.2 Å². The van der Waals surface area contributed by atoms with Crippen molar-refractivity contribution in [3.63, 3.8) is 0 Å². The third-order valence-electron chi connectivity index (χ3n) is 2.09. The van der Waals surface area contributed by atoms with Gasteiger partial charge in [0.2, 0.25) is 5.82 Å². The van der Waals surface area contributed by atoms with E-state index in [1.54, 1.807) is 0 Å². The van der Waals surface area contributed by atoms with Gasteiger partial charge in [-0.25, -0.2) is 0 Å². The summed E-state index contributed by atoms with van der Waals surface area (Å²) in [6.45, 7) is 3.00. The molecule has 0 heterocycles. The van der Waals surface area contributed by atoms with Gasteiger partial charge in [0.25, 0.3) is 5.91 Å². The van der Waals surface area contributed by atoms with Crippen LogP contribution in [0.3, 0.4) is 0 Å². The molecule has 0 aliphatic rings. The van der Waals surface area contributed by atoms with Crippen LogP contribution >= 0.6 is 0 Å². The lowest BCUT2D eigenvalue weighted by atomic mass is 10.1. The van der Waals surface area contributed by atoms with Crippen molar-refractivity contribution in [1.29, 1.82) is 0 Å². The van der Waals surface area contributed by atoms with Gasteiger partial charge in [-0.2, -0.15) is 4.39 Å². The van der Waals surface area contributed by atoms with Crippen molar-refractivity contribution < 1.29 is 19.2 Å². The molecule has 1 amide bonds. The van der Waals surface area contributed by atoms with Crippen molar-refractivity contribution in [3.8, 4) is 0 Å². The summed E-state index contributed by atoms with van der Waals surface area (Å²) >= 11 is 0. The van der Waals surface area contributed by atoms with Crippen molar-refractivity contribution in [1.82, 2.24) is 5.32 Å². The maximum absolute atomic E-state index is 13.3. The van der Waals surface area contributed by atoms with E-state index in [1.807, 2.05) is 0 Å². The van der Waals surface area contributed by atoms with Crippen LogP contribution in [0.4, 0.5) is 10.1 Å². The first-order valence-corrected chi connectivity index (χ1v) is 5.15. The number of rotatable bonds is 4. The molecule has 6 nitrogen and oxygen atoms in total. The third-order valence-corrected chi connectivity index (χ3v) is 2.09. The summed E-state index contributed by atoms with van der Waals surface area (Å²) in [7, 11) is 0. The van der Waals surface area contributed by atoms with Gasteiger partial charge in [-0.05, 0) is 26.0 Å². The topological polar surface area (TPSA) is 92.5 Å². The quantitative estimate of drug-likeness (QED) is 0.626. The lowest BCUT2D eigenvalue weighted by molar-refractivity contribution is -0.387. The Kier molecular flexibility index (Phi) is 3.97. The number of nitrogens with zero attached hydrogens (tertiary/aromatic N) is 1. The molecule has 0 aromatic heterocycles. The van der Waals surface area contributed by atoms with Crippen molar-refractivity contribution >= 4 is 11.6 Å². The minimum absolute atomic E-state index is 0.00948. The highest BCUT2D eigenvalue weighted by Gasteiger charge is 2.18. The molecule has 0 spiro atoms. The fourth-order valence-corrected chi connectivity index (χ4v) is 1.19. The maximum atomic E-state index is 13.3. The zero-order chi connectivity index (χ0) is 13.9. The van der Waals surface area contributed by atoms with Crippen LogP contribution in [0, 0.1) is 15.9 Å². The van der Waals surface area contributed by atoms with E-state index in [0.29, 0.717) is 0 Å². The molecular formula is C11H13FN2O4. The Morgan fingerprint density at radius 3 is 2.61 bits per heavy atom. The van der Waals surface area contributed by atoms with E-state index < -0.39 is 27.9 Å². The van der Waals surface area contributed by atoms with Gasteiger partial charge in [-0.3, -0.25) is 14.9 Å². The Balaban J connectivity index is 2.82. The van der Waals surface area contributed by atoms with Crippen LogP contribution in [0.1, 0.15) is 24.2 Å². The molecule has 0 bridgehead atoms. The number of hydrogen-bond donors (Lipinski definition) is 2. The molecule has 0 fully saturated rings. The first-order valence-electron chi connectivity index (χ1n) is 5.15. The number of aliphatic hydroxyl groups is 1. The summed E-state index contributed by atoms with van der Waals surface area (Å²) in [4.78, 5) is 21.1. The van der Waals surface area contributed by atoms with E-state index in [4.69, 9.17) is 0 Å². The summed E-state index contributed by atoms with van der Waals surface area (Å²) in [5.41, 5.74) is -1.81. The molecule has 0 radical (unpaired) electrons. The molecule has 2 N–H and O–H groups in total. The van der Waals surface area contributed by atoms with Crippen molar-refractivity contribution in [3.05, 3.63) is 39.7 Å². The predicted octanol–water partition coefficient (Wildman–Crippen LogP) is 1.23. The Labute approximate surface area is 103 Å². The number of halogens is 1. The van der Waals surface area contributed by atoms with E-state index in [9.17, 15) is 24.4 Å². The molecule has 7 heteroatoms. The largest absolute Gasteiger partial charge is 0.389 e.